The first-order chi connectivity index (χ1) is 10.3. The van der Waals surface area contributed by atoms with E-state index in [2.05, 4.69) is 14.8 Å². The molecule has 2 fully saturated rings. The minimum atomic E-state index is 0.566. The molecule has 0 aliphatic carbocycles. The van der Waals surface area contributed by atoms with Gasteiger partial charge in [0.25, 0.3) is 0 Å². The molecule has 21 heavy (non-hydrogen) atoms. The predicted octanol–water partition coefficient (Wildman–Crippen LogP) is 2.13. The topological polar surface area (TPSA) is 54.6 Å². The number of aromatic nitrogens is 1. The van der Waals surface area contributed by atoms with Crippen molar-refractivity contribution in [3.8, 4) is 5.88 Å². The van der Waals surface area contributed by atoms with Crippen LogP contribution in [0, 0.1) is 0 Å². The zero-order valence-corrected chi connectivity index (χ0v) is 12.9. The largest absolute Gasteiger partial charge is 0.476 e. The monoisotopic (exact) mass is 290 g/mol. The van der Waals surface area contributed by atoms with Crippen LogP contribution in [0.3, 0.4) is 0 Å². The lowest BCUT2D eigenvalue weighted by atomic mass is 10.1. The van der Waals surface area contributed by atoms with Gasteiger partial charge < -0.3 is 15.4 Å². The second-order valence-corrected chi connectivity index (χ2v) is 5.98. The average Bonchev–Trinajstić information content (AvgIpc) is 3.00. The summed E-state index contributed by atoms with van der Waals surface area (Å²) in [6.45, 7) is 7.22. The molecule has 5 nitrogen and oxygen atoms in total. The second-order valence-electron chi connectivity index (χ2n) is 5.98. The maximum Gasteiger partial charge on any atom is 0.239 e. The average molecular weight is 290 g/mol. The number of pyridine rings is 1. The molecule has 2 aliphatic heterocycles. The van der Waals surface area contributed by atoms with Gasteiger partial charge in [-0.3, -0.25) is 4.90 Å². The van der Waals surface area contributed by atoms with Crippen molar-refractivity contribution in [3.05, 3.63) is 12.1 Å². The molecule has 5 heteroatoms. The van der Waals surface area contributed by atoms with Crippen molar-refractivity contribution in [2.75, 3.05) is 43.4 Å². The van der Waals surface area contributed by atoms with Crippen molar-refractivity contribution < 1.29 is 4.74 Å². The molecule has 116 valence electrons. The second kappa shape index (κ2) is 6.52. The lowest BCUT2D eigenvalue weighted by Gasteiger charge is -2.32. The molecule has 1 atom stereocenters. The summed E-state index contributed by atoms with van der Waals surface area (Å²) < 4.78 is 5.51. The summed E-state index contributed by atoms with van der Waals surface area (Å²) in [5.74, 6) is 1.56. The Hall–Kier alpha value is -1.49. The van der Waals surface area contributed by atoms with Crippen molar-refractivity contribution in [2.45, 2.75) is 38.6 Å². The van der Waals surface area contributed by atoms with E-state index in [9.17, 15) is 0 Å². The lowest BCUT2D eigenvalue weighted by Crippen LogP contribution is -2.40. The first kappa shape index (κ1) is 14.4. The van der Waals surface area contributed by atoms with Gasteiger partial charge in [-0.1, -0.05) is 6.42 Å². The molecule has 0 amide bonds. The predicted molar refractivity (Wildman–Crippen MR) is 85.9 cm³/mol. The molecule has 1 aromatic heterocycles. The van der Waals surface area contributed by atoms with Gasteiger partial charge in [0.1, 0.15) is 5.82 Å². The molecule has 3 rings (SSSR count). The SMILES string of the molecule is CCOc1nc(N2CCC(N3CCCCC3)C2)ccc1N. The van der Waals surface area contributed by atoms with E-state index in [0.717, 1.165) is 18.9 Å². The van der Waals surface area contributed by atoms with Gasteiger partial charge in [0.15, 0.2) is 0 Å². The summed E-state index contributed by atoms with van der Waals surface area (Å²) in [6, 6.07) is 4.60. The van der Waals surface area contributed by atoms with Crippen molar-refractivity contribution in [3.63, 3.8) is 0 Å². The van der Waals surface area contributed by atoms with Gasteiger partial charge in [-0.2, -0.15) is 4.98 Å². The number of hydrogen-bond acceptors (Lipinski definition) is 5. The maximum absolute atomic E-state index is 5.90. The minimum Gasteiger partial charge on any atom is -0.476 e. The molecule has 0 aromatic carbocycles. The Morgan fingerprint density at radius 2 is 2.05 bits per heavy atom. The number of hydrogen-bond donors (Lipinski definition) is 1. The Kier molecular flexibility index (Phi) is 4.48. The Morgan fingerprint density at radius 1 is 1.24 bits per heavy atom. The fourth-order valence-corrected chi connectivity index (χ4v) is 3.40. The van der Waals surface area contributed by atoms with Gasteiger partial charge in [0, 0.05) is 19.1 Å². The number of rotatable bonds is 4. The number of piperidine rings is 1. The van der Waals surface area contributed by atoms with E-state index in [1.807, 2.05) is 19.1 Å². The van der Waals surface area contributed by atoms with Gasteiger partial charge in [0.05, 0.1) is 12.3 Å². The van der Waals surface area contributed by atoms with Crippen LogP contribution < -0.4 is 15.4 Å². The Bertz CT molecular complexity index is 473. The Morgan fingerprint density at radius 3 is 2.81 bits per heavy atom. The van der Waals surface area contributed by atoms with Crippen LogP contribution in [-0.2, 0) is 0 Å². The molecule has 2 saturated heterocycles. The van der Waals surface area contributed by atoms with Crippen molar-refractivity contribution >= 4 is 11.5 Å². The maximum atomic E-state index is 5.90. The summed E-state index contributed by atoms with van der Waals surface area (Å²) in [6.07, 6.45) is 5.33. The molecule has 0 bridgehead atoms. The summed E-state index contributed by atoms with van der Waals surface area (Å²) >= 11 is 0. The van der Waals surface area contributed by atoms with Crippen molar-refractivity contribution in [1.82, 2.24) is 9.88 Å². The number of ether oxygens (including phenoxy) is 1. The number of nitrogens with zero attached hydrogens (tertiary/aromatic N) is 3. The molecule has 0 saturated carbocycles. The van der Waals surface area contributed by atoms with Gasteiger partial charge in [-0.05, 0) is 51.4 Å². The van der Waals surface area contributed by atoms with Crippen molar-refractivity contribution in [1.29, 1.82) is 0 Å². The van der Waals surface area contributed by atoms with Gasteiger partial charge in [-0.25, -0.2) is 0 Å². The third kappa shape index (κ3) is 3.23. The van der Waals surface area contributed by atoms with Crippen molar-refractivity contribution in [2.24, 2.45) is 0 Å². The van der Waals surface area contributed by atoms with Crippen LogP contribution in [0.2, 0.25) is 0 Å². The fourth-order valence-electron chi connectivity index (χ4n) is 3.40. The highest BCUT2D eigenvalue weighted by molar-refractivity contribution is 5.55. The molecule has 0 spiro atoms. The van der Waals surface area contributed by atoms with Gasteiger partial charge in [0.2, 0.25) is 5.88 Å². The van der Waals surface area contributed by atoms with E-state index in [1.165, 1.54) is 38.8 Å². The van der Waals surface area contributed by atoms with Gasteiger partial charge >= 0.3 is 0 Å². The summed E-state index contributed by atoms with van der Waals surface area (Å²) in [7, 11) is 0. The Labute approximate surface area is 127 Å². The highest BCUT2D eigenvalue weighted by atomic mass is 16.5. The van der Waals surface area contributed by atoms with Gasteiger partial charge in [-0.15, -0.1) is 0 Å². The zero-order chi connectivity index (χ0) is 14.7. The third-order valence-electron chi connectivity index (χ3n) is 4.55. The quantitative estimate of drug-likeness (QED) is 0.920. The fraction of sp³-hybridized carbons (Fsp3) is 0.688. The smallest absolute Gasteiger partial charge is 0.239 e. The summed E-state index contributed by atoms with van der Waals surface area (Å²) in [5.41, 5.74) is 6.52. The van der Waals surface area contributed by atoms with Crippen LogP contribution in [0.25, 0.3) is 0 Å². The van der Waals surface area contributed by atoms with E-state index in [-0.39, 0.29) is 0 Å². The minimum absolute atomic E-state index is 0.566. The van der Waals surface area contributed by atoms with Crippen LogP contribution in [0.1, 0.15) is 32.6 Å². The normalized spacial score (nSPS) is 23.5. The molecule has 1 aromatic rings. The molecule has 2 aliphatic rings. The van der Waals surface area contributed by atoms with E-state index < -0.39 is 0 Å². The van der Waals surface area contributed by atoms with E-state index in [0.29, 0.717) is 24.2 Å². The summed E-state index contributed by atoms with van der Waals surface area (Å²) in [5, 5.41) is 0. The van der Waals surface area contributed by atoms with E-state index in [4.69, 9.17) is 10.5 Å². The standard InChI is InChI=1S/C16H26N4O/c1-2-21-16-14(17)6-7-15(18-16)20-11-8-13(12-20)19-9-4-3-5-10-19/h6-7,13H,2-5,8-12,17H2,1H3. The highest BCUT2D eigenvalue weighted by Crippen LogP contribution is 2.27. The molecule has 1 unspecified atom stereocenters. The molecule has 0 radical (unpaired) electrons. The Balaban J connectivity index is 1.66. The van der Waals surface area contributed by atoms with E-state index in [1.54, 1.807) is 0 Å². The molecular formula is C16H26N4O. The molecular weight excluding hydrogens is 264 g/mol. The zero-order valence-electron chi connectivity index (χ0n) is 12.9. The van der Waals surface area contributed by atoms with Crippen LogP contribution >= 0.6 is 0 Å². The molecule has 2 N–H and O–H groups in total. The highest BCUT2D eigenvalue weighted by Gasteiger charge is 2.29. The number of nitrogens with two attached hydrogens (primary N) is 1. The number of likely N-dealkylation sites (tertiary alicyclic amines) is 1. The van der Waals surface area contributed by atoms with Crippen LogP contribution in [0.5, 0.6) is 5.88 Å². The van der Waals surface area contributed by atoms with E-state index >= 15 is 0 Å². The summed E-state index contributed by atoms with van der Waals surface area (Å²) in [4.78, 5) is 9.60. The van der Waals surface area contributed by atoms with Crippen LogP contribution in [-0.4, -0.2) is 48.7 Å². The third-order valence-corrected chi connectivity index (χ3v) is 4.55. The van der Waals surface area contributed by atoms with Crippen LogP contribution in [0.4, 0.5) is 11.5 Å². The first-order valence-corrected chi connectivity index (χ1v) is 8.16. The van der Waals surface area contributed by atoms with Crippen LogP contribution in [0.15, 0.2) is 12.1 Å². The number of nitrogen functional groups attached to an aromatic ring is 1. The first-order valence-electron chi connectivity index (χ1n) is 8.16. The molecule has 3 heterocycles. The lowest BCUT2D eigenvalue weighted by molar-refractivity contribution is 0.174. The number of anilines is 2.